The maximum Gasteiger partial charge on any atom is 0.434 e. The molecule has 0 bridgehead atoms. The Labute approximate surface area is 179 Å². The minimum Gasteiger partial charge on any atom is -0.416 e. The number of halogens is 1. The van der Waals surface area contributed by atoms with E-state index in [1.165, 1.54) is 11.1 Å². The zero-order valence-electron chi connectivity index (χ0n) is 17.5. The lowest BCUT2D eigenvalue weighted by Gasteiger charge is -2.24. The van der Waals surface area contributed by atoms with E-state index in [9.17, 15) is 0 Å². The van der Waals surface area contributed by atoms with E-state index in [1.54, 1.807) is 0 Å². The van der Waals surface area contributed by atoms with Crippen molar-refractivity contribution in [2.45, 2.75) is 52.4 Å². The Morgan fingerprint density at radius 3 is 1.39 bits per heavy atom. The van der Waals surface area contributed by atoms with Crippen LogP contribution in [-0.4, -0.2) is 12.5 Å². The molecule has 0 aliphatic heterocycles. The van der Waals surface area contributed by atoms with Gasteiger partial charge in [0.05, 0.1) is 6.61 Å². The number of hydrogen-bond acceptors (Lipinski definition) is 4. The zero-order valence-corrected chi connectivity index (χ0v) is 20.0. The number of rotatable bonds is 7. The van der Waals surface area contributed by atoms with Gasteiger partial charge in [0, 0.05) is 17.7 Å². The Morgan fingerprint density at radius 2 is 1.11 bits per heavy atom. The molecule has 2 aromatic carbocycles. The number of hydrogen-bond donors (Lipinski definition) is 0. The average Bonchev–Trinajstić information content (AvgIpc) is 2.59. The first kappa shape index (κ1) is 23.2. The molecule has 0 unspecified atom stereocenters. The summed E-state index contributed by atoms with van der Waals surface area (Å²) in [7, 11) is 0. The standard InChI is InChI=1S/C22H30ClO3PS/c1-21(2,3)17-7-11-19(12-8-17)25-27(28,24-16-15-23)26-20-13-9-18(10-14-20)22(4,5)6/h7-14H,15-16H2,1-6H3. The van der Waals surface area contributed by atoms with E-state index in [4.69, 9.17) is 37.0 Å². The minimum absolute atomic E-state index is 0.0686. The molecule has 0 saturated carbocycles. The fraction of sp³-hybridized carbons (Fsp3) is 0.455. The highest BCUT2D eigenvalue weighted by atomic mass is 35.5. The Kier molecular flexibility index (Phi) is 7.61. The molecule has 0 saturated heterocycles. The second-order valence-corrected chi connectivity index (χ2v) is 11.9. The van der Waals surface area contributed by atoms with Gasteiger partial charge in [-0.05, 0) is 46.2 Å². The highest BCUT2D eigenvalue weighted by Crippen LogP contribution is 2.50. The fourth-order valence-corrected chi connectivity index (χ4v) is 4.65. The Hall–Kier alpha value is -1.06. The Balaban J connectivity index is 2.20. The molecule has 0 N–H and O–H groups in total. The monoisotopic (exact) mass is 440 g/mol. The molecule has 3 nitrogen and oxygen atoms in total. The highest BCUT2D eigenvalue weighted by Gasteiger charge is 2.25. The highest BCUT2D eigenvalue weighted by molar-refractivity contribution is 8.07. The molecule has 0 aliphatic carbocycles. The normalized spacial score (nSPS) is 12.7. The van der Waals surface area contributed by atoms with Gasteiger partial charge in [-0.1, -0.05) is 65.8 Å². The van der Waals surface area contributed by atoms with Gasteiger partial charge in [-0.2, -0.15) is 0 Å². The van der Waals surface area contributed by atoms with Crippen LogP contribution in [0.25, 0.3) is 0 Å². The van der Waals surface area contributed by atoms with Gasteiger partial charge in [-0.3, -0.25) is 4.52 Å². The molecule has 0 atom stereocenters. The molecule has 2 rings (SSSR count). The van der Waals surface area contributed by atoms with Crippen molar-refractivity contribution in [2.75, 3.05) is 12.5 Å². The molecule has 0 aliphatic rings. The molecule has 0 amide bonds. The van der Waals surface area contributed by atoms with E-state index in [-0.39, 0.29) is 17.4 Å². The van der Waals surface area contributed by atoms with Gasteiger partial charge in [-0.15, -0.1) is 11.6 Å². The number of alkyl halides is 1. The summed E-state index contributed by atoms with van der Waals surface area (Å²) in [6.07, 6.45) is 0. The zero-order chi connectivity index (χ0) is 21.0. The van der Waals surface area contributed by atoms with E-state index >= 15 is 0 Å². The molecule has 28 heavy (non-hydrogen) atoms. The van der Waals surface area contributed by atoms with Crippen molar-refractivity contribution >= 4 is 30.1 Å². The summed E-state index contributed by atoms with van der Waals surface area (Å²) >= 11 is 11.4. The summed E-state index contributed by atoms with van der Waals surface area (Å²) in [5.74, 6) is 1.56. The van der Waals surface area contributed by atoms with Crippen LogP contribution in [0.5, 0.6) is 11.5 Å². The van der Waals surface area contributed by atoms with Gasteiger partial charge >= 0.3 is 6.72 Å². The van der Waals surface area contributed by atoms with E-state index in [1.807, 2.05) is 48.5 Å². The lowest BCUT2D eigenvalue weighted by atomic mass is 9.87. The SMILES string of the molecule is CC(C)(C)c1ccc(OP(=S)(OCCCl)Oc2ccc(C(C)(C)C)cc2)cc1. The average molecular weight is 441 g/mol. The molecular weight excluding hydrogens is 411 g/mol. The largest absolute Gasteiger partial charge is 0.434 e. The molecule has 2 aromatic rings. The van der Waals surface area contributed by atoms with Crippen LogP contribution in [-0.2, 0) is 27.2 Å². The van der Waals surface area contributed by atoms with Crippen molar-refractivity contribution in [3.8, 4) is 11.5 Å². The van der Waals surface area contributed by atoms with Gasteiger partial charge in [0.1, 0.15) is 11.5 Å². The van der Waals surface area contributed by atoms with Crippen molar-refractivity contribution in [3.05, 3.63) is 59.7 Å². The van der Waals surface area contributed by atoms with Crippen LogP contribution in [0.4, 0.5) is 0 Å². The van der Waals surface area contributed by atoms with Gasteiger partial charge in [0.25, 0.3) is 0 Å². The van der Waals surface area contributed by atoms with Crippen LogP contribution in [0.3, 0.4) is 0 Å². The lowest BCUT2D eigenvalue weighted by molar-refractivity contribution is 0.278. The number of benzene rings is 2. The molecule has 0 radical (unpaired) electrons. The van der Waals surface area contributed by atoms with Crippen LogP contribution in [0.15, 0.2) is 48.5 Å². The second-order valence-electron chi connectivity index (χ2n) is 8.70. The van der Waals surface area contributed by atoms with Crippen molar-refractivity contribution in [1.29, 1.82) is 0 Å². The summed E-state index contributed by atoms with van der Waals surface area (Å²) in [6, 6.07) is 15.7. The van der Waals surface area contributed by atoms with E-state index < -0.39 is 6.72 Å². The maximum absolute atomic E-state index is 6.00. The lowest BCUT2D eigenvalue weighted by Crippen LogP contribution is -2.11. The van der Waals surface area contributed by atoms with Crippen LogP contribution in [0, 0.1) is 0 Å². The molecule has 0 spiro atoms. The predicted molar refractivity (Wildman–Crippen MR) is 122 cm³/mol. The van der Waals surface area contributed by atoms with Crippen LogP contribution >= 0.6 is 18.3 Å². The van der Waals surface area contributed by atoms with E-state index in [0.717, 1.165) is 0 Å². The third kappa shape index (κ3) is 6.77. The third-order valence-electron chi connectivity index (χ3n) is 4.20. The first-order valence-corrected chi connectivity index (χ1v) is 12.4. The predicted octanol–water partition coefficient (Wildman–Crippen LogP) is 7.22. The van der Waals surface area contributed by atoms with Gasteiger partial charge in [-0.25, -0.2) is 0 Å². The van der Waals surface area contributed by atoms with Crippen LogP contribution in [0.2, 0.25) is 0 Å². The van der Waals surface area contributed by atoms with Crippen molar-refractivity contribution < 1.29 is 13.6 Å². The quantitative estimate of drug-likeness (QED) is 0.335. The molecule has 6 heteroatoms. The van der Waals surface area contributed by atoms with Crippen molar-refractivity contribution in [1.82, 2.24) is 0 Å². The summed E-state index contributed by atoms with van der Waals surface area (Å²) in [5, 5.41) is 0. The molecule has 0 fully saturated rings. The third-order valence-corrected chi connectivity index (χ3v) is 6.49. The van der Waals surface area contributed by atoms with Gasteiger partial charge in [0.15, 0.2) is 0 Å². The minimum atomic E-state index is -3.04. The maximum atomic E-state index is 6.00. The first-order chi connectivity index (χ1) is 12.9. The van der Waals surface area contributed by atoms with Crippen molar-refractivity contribution in [2.24, 2.45) is 0 Å². The van der Waals surface area contributed by atoms with Crippen LogP contribution in [0.1, 0.15) is 52.7 Å². The van der Waals surface area contributed by atoms with Crippen molar-refractivity contribution in [3.63, 3.8) is 0 Å². The summed E-state index contributed by atoms with van der Waals surface area (Å²) in [5.41, 5.74) is 2.57. The van der Waals surface area contributed by atoms with Crippen LogP contribution < -0.4 is 9.05 Å². The molecule has 0 aromatic heterocycles. The second kappa shape index (κ2) is 9.17. The summed E-state index contributed by atoms with van der Waals surface area (Å²) in [4.78, 5) is 0. The first-order valence-electron chi connectivity index (χ1n) is 9.34. The van der Waals surface area contributed by atoms with Gasteiger partial charge < -0.3 is 9.05 Å². The smallest absolute Gasteiger partial charge is 0.416 e. The summed E-state index contributed by atoms with van der Waals surface area (Å²) < 4.78 is 17.7. The van der Waals surface area contributed by atoms with Gasteiger partial charge in [0.2, 0.25) is 0 Å². The van der Waals surface area contributed by atoms with E-state index in [2.05, 4.69) is 41.5 Å². The molecule has 0 heterocycles. The Morgan fingerprint density at radius 1 is 0.750 bits per heavy atom. The Bertz CT molecular complexity index is 742. The van der Waals surface area contributed by atoms with E-state index in [0.29, 0.717) is 17.4 Å². The summed E-state index contributed by atoms with van der Waals surface area (Å²) in [6.45, 7) is 10.2. The molecule has 154 valence electrons. The molecular formula is C22H30ClO3PS. The topological polar surface area (TPSA) is 27.7 Å². The fourth-order valence-electron chi connectivity index (χ4n) is 2.51.